The molecule has 1 aromatic heterocycles. The molecule has 1 aliphatic rings. The van der Waals surface area contributed by atoms with Crippen LogP contribution in [0.2, 0.25) is 0 Å². The summed E-state index contributed by atoms with van der Waals surface area (Å²) in [6, 6.07) is 18.2. The Hall–Kier alpha value is -4.19. The van der Waals surface area contributed by atoms with Crippen molar-refractivity contribution in [3.63, 3.8) is 0 Å². The largest absolute Gasteiger partial charge is 0.633 e. The molecule has 1 N–H and O–H groups in total. The number of hydrogen-bond donors (Lipinski definition) is 1. The minimum absolute atomic E-state index is 0.0122. The summed E-state index contributed by atoms with van der Waals surface area (Å²) >= 11 is 0. The summed E-state index contributed by atoms with van der Waals surface area (Å²) in [6.45, 7) is 1.36. The first-order valence-electron chi connectivity index (χ1n) is 12.5. The molecule has 0 saturated carbocycles. The lowest BCUT2D eigenvalue weighted by molar-refractivity contribution is -0.898. The Bertz CT molecular complexity index is 1510. The number of benzene rings is 3. The maximum Gasteiger partial charge on any atom is 0.161 e. The third kappa shape index (κ3) is 5.25. The van der Waals surface area contributed by atoms with E-state index in [9.17, 15) is 14.9 Å². The van der Waals surface area contributed by atoms with Crippen molar-refractivity contribution in [2.45, 2.75) is 25.4 Å². The van der Waals surface area contributed by atoms with Gasteiger partial charge in [0.1, 0.15) is 18.4 Å². The van der Waals surface area contributed by atoms with E-state index < -0.39 is 5.82 Å². The molecule has 1 fully saturated rings. The average Bonchev–Trinajstić information content (AvgIpc) is 2.94. The van der Waals surface area contributed by atoms with Crippen molar-refractivity contribution >= 4 is 16.5 Å². The number of nitrogens with one attached hydrogen (secondary N) is 1. The number of piperidine rings is 1. The molecule has 38 heavy (non-hydrogen) atoms. The van der Waals surface area contributed by atoms with Crippen LogP contribution in [0.5, 0.6) is 11.5 Å². The number of aromatic nitrogens is 1. The second-order valence-corrected chi connectivity index (χ2v) is 9.70. The molecule has 0 spiro atoms. The normalized spacial score (nSPS) is 19.1. The number of halogens is 1. The highest BCUT2D eigenvalue weighted by Gasteiger charge is 2.28. The monoisotopic (exact) mass is 512 g/mol. The van der Waals surface area contributed by atoms with Gasteiger partial charge in [0.15, 0.2) is 11.5 Å². The smallest absolute Gasteiger partial charge is 0.161 e. The Morgan fingerprint density at radius 2 is 1.82 bits per heavy atom. The van der Waals surface area contributed by atoms with Gasteiger partial charge in [0.2, 0.25) is 0 Å². The summed E-state index contributed by atoms with van der Waals surface area (Å²) in [4.78, 5) is 4.30. The molecule has 7 nitrogen and oxygen atoms in total. The number of pyridine rings is 1. The van der Waals surface area contributed by atoms with Gasteiger partial charge >= 0.3 is 0 Å². The highest BCUT2D eigenvalue weighted by atomic mass is 19.1. The highest BCUT2D eigenvalue weighted by molar-refractivity contribution is 5.97. The second kappa shape index (κ2) is 10.7. The first-order chi connectivity index (χ1) is 18.4. The van der Waals surface area contributed by atoms with Crippen LogP contribution in [0, 0.1) is 22.4 Å². The molecule has 0 amide bonds. The van der Waals surface area contributed by atoms with Crippen LogP contribution in [-0.2, 0) is 6.54 Å². The number of quaternary nitrogens is 1. The van der Waals surface area contributed by atoms with E-state index in [1.807, 2.05) is 48.7 Å². The molecule has 0 aliphatic carbocycles. The van der Waals surface area contributed by atoms with Gasteiger partial charge in [-0.3, -0.25) is 4.98 Å². The molecule has 1 aliphatic heterocycles. The molecule has 2 heterocycles. The number of anilines is 1. The predicted molar refractivity (Wildman–Crippen MR) is 145 cm³/mol. The lowest BCUT2D eigenvalue weighted by Gasteiger charge is -2.47. The van der Waals surface area contributed by atoms with Crippen LogP contribution in [0.15, 0.2) is 67.0 Å². The molecule has 0 radical (unpaired) electrons. The minimum Gasteiger partial charge on any atom is -0.633 e. The maximum atomic E-state index is 13.9. The van der Waals surface area contributed by atoms with E-state index in [0.29, 0.717) is 31.1 Å². The Balaban J connectivity index is 1.34. The van der Waals surface area contributed by atoms with Gasteiger partial charge < -0.3 is 24.6 Å². The highest BCUT2D eigenvalue weighted by Crippen LogP contribution is 2.34. The predicted octanol–water partition coefficient (Wildman–Crippen LogP) is 6.02. The van der Waals surface area contributed by atoms with E-state index in [4.69, 9.17) is 9.47 Å². The van der Waals surface area contributed by atoms with Gasteiger partial charge in [0.05, 0.1) is 32.9 Å². The Labute approximate surface area is 221 Å². The van der Waals surface area contributed by atoms with E-state index in [1.54, 1.807) is 32.5 Å². The van der Waals surface area contributed by atoms with Crippen molar-refractivity contribution in [2.24, 2.45) is 0 Å². The number of likely N-dealkylation sites (tertiary alicyclic amines) is 1. The lowest BCUT2D eigenvalue weighted by Crippen LogP contribution is -2.50. The summed E-state index contributed by atoms with van der Waals surface area (Å²) in [5.41, 5.74) is 3.48. The first-order valence-corrected chi connectivity index (χ1v) is 12.5. The molecule has 0 bridgehead atoms. The van der Waals surface area contributed by atoms with Crippen LogP contribution < -0.4 is 14.8 Å². The van der Waals surface area contributed by atoms with Crippen LogP contribution in [0.3, 0.4) is 0 Å². The maximum absolute atomic E-state index is 13.9. The number of nitriles is 1. The molecule has 0 unspecified atom stereocenters. The second-order valence-electron chi connectivity index (χ2n) is 9.70. The fourth-order valence-electron chi connectivity index (χ4n) is 5.15. The fourth-order valence-corrected chi connectivity index (χ4v) is 5.15. The lowest BCUT2D eigenvalue weighted by atomic mass is 9.97. The molecular formula is C30H29FN4O3. The number of ether oxygens (including phenoxy) is 2. The van der Waals surface area contributed by atoms with Crippen molar-refractivity contribution in [3.8, 4) is 28.7 Å². The fraction of sp³-hybridized carbons (Fsp3) is 0.267. The number of nitrogens with zero attached hydrogens (tertiary/aromatic N) is 3. The standard InChI is InChI=1S/C30H29FN4O3/c1-37-29-6-3-20(13-30(29)38-2)19-35(36)11-8-25(9-12-35)34-28-16-23(15-22-7-10-33-18-26(22)28)21-4-5-27(31)24(14-21)17-32/h3-7,10,13-16,18,25,34H,8-9,11-12,19H2,1-2H3. The van der Waals surface area contributed by atoms with E-state index in [0.717, 1.165) is 46.0 Å². The Morgan fingerprint density at radius 3 is 2.55 bits per heavy atom. The topological polar surface area (TPSA) is 90.2 Å². The Morgan fingerprint density at radius 1 is 1.03 bits per heavy atom. The van der Waals surface area contributed by atoms with E-state index in [-0.39, 0.29) is 16.3 Å². The first kappa shape index (κ1) is 25.5. The molecule has 194 valence electrons. The molecule has 8 heteroatoms. The van der Waals surface area contributed by atoms with Crippen molar-refractivity contribution < 1.29 is 18.5 Å². The van der Waals surface area contributed by atoms with Gasteiger partial charge in [-0.2, -0.15) is 5.26 Å². The van der Waals surface area contributed by atoms with Crippen LogP contribution in [0.25, 0.3) is 21.9 Å². The zero-order valence-electron chi connectivity index (χ0n) is 21.4. The molecule has 5 rings (SSSR count). The minimum atomic E-state index is -0.533. The average molecular weight is 513 g/mol. The third-order valence-electron chi connectivity index (χ3n) is 7.22. The Kier molecular flexibility index (Phi) is 7.14. The van der Waals surface area contributed by atoms with Gasteiger partial charge in [0, 0.05) is 47.9 Å². The zero-order chi connectivity index (χ0) is 26.7. The van der Waals surface area contributed by atoms with Crippen LogP contribution in [0.4, 0.5) is 10.1 Å². The van der Waals surface area contributed by atoms with Gasteiger partial charge in [-0.05, 0) is 65.0 Å². The summed E-state index contributed by atoms with van der Waals surface area (Å²) in [7, 11) is 3.18. The van der Waals surface area contributed by atoms with Gasteiger partial charge in [-0.25, -0.2) is 4.39 Å². The van der Waals surface area contributed by atoms with Crippen molar-refractivity contribution in [3.05, 3.63) is 89.1 Å². The van der Waals surface area contributed by atoms with Crippen molar-refractivity contribution in [1.82, 2.24) is 4.98 Å². The molecule has 0 atom stereocenters. The molecule has 4 aromatic rings. The van der Waals surface area contributed by atoms with E-state index in [2.05, 4.69) is 10.3 Å². The van der Waals surface area contributed by atoms with Gasteiger partial charge in [0.25, 0.3) is 0 Å². The van der Waals surface area contributed by atoms with Gasteiger partial charge in [-0.15, -0.1) is 0 Å². The molecule has 3 aromatic carbocycles. The van der Waals surface area contributed by atoms with Crippen molar-refractivity contribution in [2.75, 3.05) is 32.6 Å². The van der Waals surface area contributed by atoms with Crippen LogP contribution in [0.1, 0.15) is 24.0 Å². The summed E-state index contributed by atoms with van der Waals surface area (Å²) in [6.07, 6.45) is 5.00. The molecular weight excluding hydrogens is 483 g/mol. The van der Waals surface area contributed by atoms with E-state index >= 15 is 0 Å². The quantitative estimate of drug-likeness (QED) is 0.241. The SMILES string of the molecule is COc1ccc(C[N+]2([O-])CCC(Nc3cc(-c4ccc(F)c(C#N)c4)cc4ccncc34)CC2)cc1OC. The van der Waals surface area contributed by atoms with Gasteiger partial charge in [-0.1, -0.05) is 6.07 Å². The van der Waals surface area contributed by atoms with Crippen molar-refractivity contribution in [1.29, 1.82) is 5.26 Å². The summed E-state index contributed by atoms with van der Waals surface area (Å²) in [5.74, 6) is 0.732. The summed E-state index contributed by atoms with van der Waals surface area (Å²) < 4.78 is 24.3. The zero-order valence-corrected chi connectivity index (χ0v) is 21.4. The van der Waals surface area contributed by atoms with Crippen LogP contribution in [-0.4, -0.2) is 43.0 Å². The number of fused-ring (bicyclic) bond motifs is 1. The number of hydroxylamine groups is 3. The van der Waals surface area contributed by atoms with E-state index in [1.165, 1.54) is 6.07 Å². The number of hydrogen-bond acceptors (Lipinski definition) is 6. The third-order valence-corrected chi connectivity index (χ3v) is 7.22. The number of rotatable bonds is 7. The molecule has 1 saturated heterocycles. The van der Waals surface area contributed by atoms with Crippen LogP contribution >= 0.6 is 0 Å². The number of methoxy groups -OCH3 is 2. The summed E-state index contributed by atoms with van der Waals surface area (Å²) in [5, 5.41) is 28.4.